The average molecular weight is 351 g/mol. The lowest BCUT2D eigenvalue weighted by atomic mass is 9.97. The van der Waals surface area contributed by atoms with Crippen LogP contribution in [0.5, 0.6) is 0 Å². The fourth-order valence-electron chi connectivity index (χ4n) is 3.32. The van der Waals surface area contributed by atoms with Crippen LogP contribution in [0, 0.1) is 5.92 Å². The van der Waals surface area contributed by atoms with E-state index in [4.69, 9.17) is 0 Å². The number of rotatable bonds is 3. The predicted molar refractivity (Wildman–Crippen MR) is 90.4 cm³/mol. The molecule has 0 spiro atoms. The van der Waals surface area contributed by atoms with E-state index in [-0.39, 0.29) is 5.91 Å². The minimum atomic E-state index is -4.37. The Morgan fingerprint density at radius 3 is 2.88 bits per heavy atom. The molecule has 1 N–H and O–H groups in total. The van der Waals surface area contributed by atoms with Gasteiger partial charge in [0.05, 0.1) is 11.1 Å². The lowest BCUT2D eigenvalue weighted by molar-refractivity contribution is -0.137. The molecule has 134 valence electrons. The standard InChI is InChI=1S/C18H20F3N3O/c1-12(25)23-10-13-3-2-8-24(11-13)17-6-7-22-16-9-14(18(19,20)21)4-5-15(16)17/h4-7,9,13H,2-3,8,10-11H2,1H3,(H,23,25). The van der Waals surface area contributed by atoms with Crippen molar-refractivity contribution in [2.24, 2.45) is 5.92 Å². The van der Waals surface area contributed by atoms with Gasteiger partial charge in [-0.05, 0) is 37.0 Å². The fourth-order valence-corrected chi connectivity index (χ4v) is 3.32. The van der Waals surface area contributed by atoms with Crippen molar-refractivity contribution < 1.29 is 18.0 Å². The topological polar surface area (TPSA) is 45.2 Å². The van der Waals surface area contributed by atoms with Crippen molar-refractivity contribution in [3.63, 3.8) is 0 Å². The number of piperidine rings is 1. The molecule has 0 aliphatic carbocycles. The lowest BCUT2D eigenvalue weighted by Gasteiger charge is -2.35. The normalized spacial score (nSPS) is 18.4. The smallest absolute Gasteiger partial charge is 0.371 e. The average Bonchev–Trinajstić information content (AvgIpc) is 2.58. The van der Waals surface area contributed by atoms with Crippen LogP contribution in [0.4, 0.5) is 18.9 Å². The van der Waals surface area contributed by atoms with Gasteiger partial charge in [-0.1, -0.05) is 6.07 Å². The first kappa shape index (κ1) is 17.5. The van der Waals surface area contributed by atoms with Gasteiger partial charge in [0.2, 0.25) is 5.91 Å². The van der Waals surface area contributed by atoms with E-state index < -0.39 is 11.7 Å². The predicted octanol–water partition coefficient (Wildman–Crippen LogP) is 3.61. The molecule has 2 heterocycles. The number of nitrogens with zero attached hydrogens (tertiary/aromatic N) is 2. The highest BCUT2D eigenvalue weighted by Gasteiger charge is 2.31. The summed E-state index contributed by atoms with van der Waals surface area (Å²) in [6.07, 6.45) is -0.817. The maximum atomic E-state index is 12.9. The van der Waals surface area contributed by atoms with Crippen molar-refractivity contribution in [1.29, 1.82) is 0 Å². The summed E-state index contributed by atoms with van der Waals surface area (Å²) in [6, 6.07) is 5.54. The molecule has 0 bridgehead atoms. The van der Waals surface area contributed by atoms with E-state index >= 15 is 0 Å². The summed E-state index contributed by atoms with van der Waals surface area (Å²) in [4.78, 5) is 17.4. The lowest BCUT2D eigenvalue weighted by Crippen LogP contribution is -2.40. The van der Waals surface area contributed by atoms with Crippen LogP contribution in [0.25, 0.3) is 10.9 Å². The van der Waals surface area contributed by atoms with Gasteiger partial charge in [0.15, 0.2) is 0 Å². The van der Waals surface area contributed by atoms with Crippen LogP contribution >= 0.6 is 0 Å². The number of alkyl halides is 3. The molecule has 0 saturated carbocycles. The third kappa shape index (κ3) is 4.03. The van der Waals surface area contributed by atoms with Gasteiger partial charge >= 0.3 is 6.18 Å². The summed E-state index contributed by atoms with van der Waals surface area (Å²) in [5.41, 5.74) is 0.550. The summed E-state index contributed by atoms with van der Waals surface area (Å²) in [6.45, 7) is 3.72. The number of carbonyl (C=O) groups is 1. The number of hydrogen-bond donors (Lipinski definition) is 1. The van der Waals surface area contributed by atoms with Crippen molar-refractivity contribution in [2.75, 3.05) is 24.5 Å². The molecule has 7 heteroatoms. The fraction of sp³-hybridized carbons (Fsp3) is 0.444. The molecule has 1 atom stereocenters. The molecule has 2 aromatic rings. The van der Waals surface area contributed by atoms with Crippen LogP contribution in [0.2, 0.25) is 0 Å². The quantitative estimate of drug-likeness (QED) is 0.919. The summed E-state index contributed by atoms with van der Waals surface area (Å²) in [7, 11) is 0. The highest BCUT2D eigenvalue weighted by molar-refractivity contribution is 5.92. The van der Waals surface area contributed by atoms with E-state index in [1.165, 1.54) is 13.0 Å². The number of amides is 1. The van der Waals surface area contributed by atoms with Crippen molar-refractivity contribution in [2.45, 2.75) is 25.9 Å². The molecule has 0 radical (unpaired) electrons. The number of fused-ring (bicyclic) bond motifs is 1. The third-order valence-corrected chi connectivity index (χ3v) is 4.55. The minimum absolute atomic E-state index is 0.0498. The Kier molecular flexibility index (Phi) is 4.83. The number of benzene rings is 1. The van der Waals surface area contributed by atoms with Crippen molar-refractivity contribution >= 4 is 22.5 Å². The first-order valence-corrected chi connectivity index (χ1v) is 8.30. The van der Waals surface area contributed by atoms with E-state index in [2.05, 4.69) is 15.2 Å². The van der Waals surface area contributed by atoms with Crippen molar-refractivity contribution in [3.8, 4) is 0 Å². The second-order valence-electron chi connectivity index (χ2n) is 6.45. The Labute approximate surface area is 144 Å². The Morgan fingerprint density at radius 2 is 2.16 bits per heavy atom. The number of halogens is 3. The van der Waals surface area contributed by atoms with Crippen LogP contribution in [0.1, 0.15) is 25.3 Å². The third-order valence-electron chi connectivity index (χ3n) is 4.55. The molecule has 1 fully saturated rings. The van der Waals surface area contributed by atoms with Gasteiger partial charge in [-0.3, -0.25) is 9.78 Å². The Morgan fingerprint density at radius 1 is 1.36 bits per heavy atom. The zero-order valence-corrected chi connectivity index (χ0v) is 13.9. The van der Waals surface area contributed by atoms with Gasteiger partial charge in [-0.15, -0.1) is 0 Å². The molecule has 1 saturated heterocycles. The monoisotopic (exact) mass is 351 g/mol. The maximum absolute atomic E-state index is 12.9. The molecule has 1 aliphatic rings. The number of anilines is 1. The second-order valence-corrected chi connectivity index (χ2v) is 6.45. The minimum Gasteiger partial charge on any atom is -0.371 e. The number of hydrogen-bond acceptors (Lipinski definition) is 3. The van der Waals surface area contributed by atoms with Gasteiger partial charge in [0, 0.05) is 43.8 Å². The number of nitrogens with one attached hydrogen (secondary N) is 1. The molecule has 25 heavy (non-hydrogen) atoms. The van der Waals surface area contributed by atoms with Gasteiger partial charge in [0.25, 0.3) is 0 Å². The van der Waals surface area contributed by atoms with Gasteiger partial charge in [0.1, 0.15) is 0 Å². The first-order chi connectivity index (χ1) is 11.8. The van der Waals surface area contributed by atoms with E-state index in [1.807, 2.05) is 6.07 Å². The molecule has 1 unspecified atom stereocenters. The van der Waals surface area contributed by atoms with Crippen LogP contribution < -0.4 is 10.2 Å². The summed E-state index contributed by atoms with van der Waals surface area (Å²) >= 11 is 0. The number of aromatic nitrogens is 1. The van der Waals surface area contributed by atoms with E-state index in [0.717, 1.165) is 49.1 Å². The molecule has 4 nitrogen and oxygen atoms in total. The Hall–Kier alpha value is -2.31. The summed E-state index contributed by atoms with van der Waals surface area (Å²) < 4.78 is 38.7. The van der Waals surface area contributed by atoms with Crippen LogP contribution in [0.3, 0.4) is 0 Å². The molecule has 1 aromatic carbocycles. The van der Waals surface area contributed by atoms with Crippen LogP contribution in [-0.2, 0) is 11.0 Å². The van der Waals surface area contributed by atoms with E-state index in [0.29, 0.717) is 18.0 Å². The molecule has 1 aromatic heterocycles. The zero-order valence-electron chi connectivity index (χ0n) is 13.9. The molecular weight excluding hydrogens is 331 g/mol. The number of carbonyl (C=O) groups excluding carboxylic acids is 1. The molecule has 3 rings (SSSR count). The number of pyridine rings is 1. The van der Waals surface area contributed by atoms with Crippen molar-refractivity contribution in [1.82, 2.24) is 10.3 Å². The van der Waals surface area contributed by atoms with Gasteiger partial charge in [-0.25, -0.2) is 0 Å². The Bertz CT molecular complexity index is 776. The van der Waals surface area contributed by atoms with E-state index in [9.17, 15) is 18.0 Å². The summed E-state index contributed by atoms with van der Waals surface area (Å²) in [5, 5.41) is 3.56. The SMILES string of the molecule is CC(=O)NCC1CCCN(c2ccnc3cc(C(F)(F)F)ccc23)C1. The Balaban J connectivity index is 1.86. The van der Waals surface area contributed by atoms with Gasteiger partial charge < -0.3 is 10.2 Å². The highest BCUT2D eigenvalue weighted by Crippen LogP contribution is 2.34. The highest BCUT2D eigenvalue weighted by atomic mass is 19.4. The molecule has 1 aliphatic heterocycles. The largest absolute Gasteiger partial charge is 0.416 e. The molecule has 1 amide bonds. The second kappa shape index (κ2) is 6.90. The van der Waals surface area contributed by atoms with E-state index in [1.54, 1.807) is 6.20 Å². The van der Waals surface area contributed by atoms with Crippen molar-refractivity contribution in [3.05, 3.63) is 36.0 Å². The van der Waals surface area contributed by atoms with Gasteiger partial charge in [-0.2, -0.15) is 13.2 Å². The zero-order chi connectivity index (χ0) is 18.0. The molecular formula is C18H20F3N3O. The van der Waals surface area contributed by atoms with Crippen LogP contribution in [-0.4, -0.2) is 30.5 Å². The maximum Gasteiger partial charge on any atom is 0.416 e. The van der Waals surface area contributed by atoms with Crippen LogP contribution in [0.15, 0.2) is 30.5 Å². The first-order valence-electron chi connectivity index (χ1n) is 8.30. The summed E-state index contributed by atoms with van der Waals surface area (Å²) in [5.74, 6) is 0.279.